The number of nitrogens with one attached hydrogen (secondary N) is 1. The fourth-order valence-corrected chi connectivity index (χ4v) is 3.30. The SMILES string of the molecule is CN1C[C@@H](C(=O)NCCCN2CCc3ccccc32)CC1=O. The standard InChI is InChI=1S/C17H23N3O2/c1-19-12-14(11-16(19)21)17(22)18-8-4-9-20-10-7-13-5-2-3-6-15(13)20/h2-3,5-6,14H,4,7-12H2,1H3,(H,18,22)/t14-/m0/s1. The molecule has 0 bridgehead atoms. The van der Waals surface area contributed by atoms with Gasteiger partial charge in [0.2, 0.25) is 11.8 Å². The number of hydrogen-bond acceptors (Lipinski definition) is 3. The van der Waals surface area contributed by atoms with Crippen molar-refractivity contribution >= 4 is 17.5 Å². The van der Waals surface area contributed by atoms with Crippen LogP contribution in [0, 0.1) is 5.92 Å². The van der Waals surface area contributed by atoms with Gasteiger partial charge in [-0.25, -0.2) is 0 Å². The summed E-state index contributed by atoms with van der Waals surface area (Å²) in [5, 5.41) is 2.97. The van der Waals surface area contributed by atoms with Gasteiger partial charge in [-0.15, -0.1) is 0 Å². The highest BCUT2D eigenvalue weighted by Gasteiger charge is 2.31. The van der Waals surface area contributed by atoms with Gasteiger partial charge in [-0.2, -0.15) is 0 Å². The Balaban J connectivity index is 1.40. The van der Waals surface area contributed by atoms with Crippen LogP contribution in [0.15, 0.2) is 24.3 Å². The fraction of sp³-hybridized carbons (Fsp3) is 0.529. The molecule has 0 spiro atoms. The molecule has 2 aliphatic heterocycles. The van der Waals surface area contributed by atoms with E-state index in [0.29, 0.717) is 19.5 Å². The third-order valence-corrected chi connectivity index (χ3v) is 4.60. The van der Waals surface area contributed by atoms with E-state index in [9.17, 15) is 9.59 Å². The van der Waals surface area contributed by atoms with Crippen LogP contribution in [-0.4, -0.2) is 49.9 Å². The smallest absolute Gasteiger partial charge is 0.225 e. The molecular weight excluding hydrogens is 278 g/mol. The molecule has 118 valence electrons. The monoisotopic (exact) mass is 301 g/mol. The van der Waals surface area contributed by atoms with Gasteiger partial charge in [-0.3, -0.25) is 9.59 Å². The number of carbonyl (C=O) groups is 2. The van der Waals surface area contributed by atoms with Crippen LogP contribution >= 0.6 is 0 Å². The Kier molecular flexibility index (Phi) is 4.32. The maximum absolute atomic E-state index is 12.0. The number of carbonyl (C=O) groups excluding carboxylic acids is 2. The van der Waals surface area contributed by atoms with E-state index in [0.717, 1.165) is 25.9 Å². The van der Waals surface area contributed by atoms with Crippen LogP contribution in [-0.2, 0) is 16.0 Å². The number of rotatable bonds is 5. The number of amides is 2. The van der Waals surface area contributed by atoms with Crippen molar-refractivity contribution < 1.29 is 9.59 Å². The molecule has 0 saturated carbocycles. The number of hydrogen-bond donors (Lipinski definition) is 1. The number of fused-ring (bicyclic) bond motifs is 1. The summed E-state index contributed by atoms with van der Waals surface area (Å²) >= 11 is 0. The number of likely N-dealkylation sites (tertiary alicyclic amines) is 1. The predicted octanol–water partition coefficient (Wildman–Crippen LogP) is 1.03. The molecule has 2 aliphatic rings. The van der Waals surface area contributed by atoms with E-state index in [1.807, 2.05) is 0 Å². The lowest BCUT2D eigenvalue weighted by Crippen LogP contribution is -2.34. The molecule has 2 heterocycles. The van der Waals surface area contributed by atoms with Crippen LogP contribution in [0.1, 0.15) is 18.4 Å². The molecule has 5 heteroatoms. The first-order valence-electron chi connectivity index (χ1n) is 7.99. The summed E-state index contributed by atoms with van der Waals surface area (Å²) < 4.78 is 0. The van der Waals surface area contributed by atoms with E-state index in [1.54, 1.807) is 11.9 Å². The van der Waals surface area contributed by atoms with E-state index in [-0.39, 0.29) is 17.7 Å². The number of anilines is 1. The fourth-order valence-electron chi connectivity index (χ4n) is 3.30. The minimum atomic E-state index is -0.176. The van der Waals surface area contributed by atoms with Crippen LogP contribution in [0.3, 0.4) is 0 Å². The minimum absolute atomic E-state index is 0.0134. The van der Waals surface area contributed by atoms with Crippen LogP contribution in [0.4, 0.5) is 5.69 Å². The van der Waals surface area contributed by atoms with E-state index in [1.165, 1.54) is 11.3 Å². The first-order chi connectivity index (χ1) is 10.6. The molecule has 1 aromatic carbocycles. The summed E-state index contributed by atoms with van der Waals surface area (Å²) in [7, 11) is 1.75. The molecule has 2 amide bonds. The van der Waals surface area contributed by atoms with Crippen molar-refractivity contribution in [2.75, 3.05) is 38.1 Å². The Bertz CT molecular complexity index is 573. The van der Waals surface area contributed by atoms with Crippen LogP contribution in [0.25, 0.3) is 0 Å². The summed E-state index contributed by atoms with van der Waals surface area (Å²) in [4.78, 5) is 27.5. The highest BCUT2D eigenvalue weighted by atomic mass is 16.2. The first-order valence-corrected chi connectivity index (χ1v) is 7.99. The van der Waals surface area contributed by atoms with Gasteiger partial charge in [0, 0.05) is 45.3 Å². The number of para-hydroxylation sites is 1. The molecule has 1 saturated heterocycles. The Morgan fingerprint density at radius 3 is 2.95 bits per heavy atom. The summed E-state index contributed by atoms with van der Waals surface area (Å²) in [5.74, 6) is -0.0987. The van der Waals surface area contributed by atoms with Crippen LogP contribution in [0.5, 0.6) is 0 Å². The maximum atomic E-state index is 12.0. The predicted molar refractivity (Wildman–Crippen MR) is 85.7 cm³/mol. The summed E-state index contributed by atoms with van der Waals surface area (Å²) in [6.45, 7) is 3.24. The lowest BCUT2D eigenvalue weighted by molar-refractivity contribution is -0.128. The van der Waals surface area contributed by atoms with Crippen LogP contribution < -0.4 is 10.2 Å². The maximum Gasteiger partial charge on any atom is 0.225 e. The molecule has 1 aromatic rings. The van der Waals surface area contributed by atoms with Gasteiger partial charge in [-0.05, 0) is 24.5 Å². The Labute approximate surface area is 131 Å². The van der Waals surface area contributed by atoms with E-state index in [2.05, 4.69) is 34.5 Å². The van der Waals surface area contributed by atoms with Crippen molar-refractivity contribution in [1.82, 2.24) is 10.2 Å². The van der Waals surface area contributed by atoms with E-state index in [4.69, 9.17) is 0 Å². The first kappa shape index (κ1) is 14.9. The van der Waals surface area contributed by atoms with Crippen molar-refractivity contribution in [3.8, 4) is 0 Å². The van der Waals surface area contributed by atoms with Gasteiger partial charge < -0.3 is 15.1 Å². The highest BCUT2D eigenvalue weighted by molar-refractivity contribution is 5.89. The van der Waals surface area contributed by atoms with Gasteiger partial charge in [0.25, 0.3) is 0 Å². The molecule has 1 fully saturated rings. The van der Waals surface area contributed by atoms with E-state index < -0.39 is 0 Å². The second kappa shape index (κ2) is 6.38. The second-order valence-corrected chi connectivity index (χ2v) is 6.19. The van der Waals surface area contributed by atoms with Crippen molar-refractivity contribution in [1.29, 1.82) is 0 Å². The van der Waals surface area contributed by atoms with Crippen LogP contribution in [0.2, 0.25) is 0 Å². The van der Waals surface area contributed by atoms with Crippen molar-refractivity contribution in [2.45, 2.75) is 19.3 Å². The highest BCUT2D eigenvalue weighted by Crippen LogP contribution is 2.27. The zero-order valence-corrected chi connectivity index (χ0v) is 13.0. The zero-order chi connectivity index (χ0) is 15.5. The Hall–Kier alpha value is -2.04. The molecule has 0 unspecified atom stereocenters. The molecule has 0 radical (unpaired) electrons. The van der Waals surface area contributed by atoms with Gasteiger partial charge >= 0.3 is 0 Å². The average Bonchev–Trinajstić information content (AvgIpc) is 3.08. The third kappa shape index (κ3) is 3.08. The molecule has 0 aliphatic carbocycles. The number of benzene rings is 1. The minimum Gasteiger partial charge on any atom is -0.371 e. The Morgan fingerprint density at radius 1 is 1.36 bits per heavy atom. The van der Waals surface area contributed by atoms with Gasteiger partial charge in [0.1, 0.15) is 0 Å². The topological polar surface area (TPSA) is 52.7 Å². The molecule has 0 aromatic heterocycles. The van der Waals surface area contributed by atoms with Gasteiger partial charge in [0.05, 0.1) is 5.92 Å². The normalized spacial score (nSPS) is 20.4. The lowest BCUT2D eigenvalue weighted by Gasteiger charge is -2.19. The van der Waals surface area contributed by atoms with Crippen molar-refractivity contribution in [2.24, 2.45) is 5.92 Å². The Morgan fingerprint density at radius 2 is 2.18 bits per heavy atom. The van der Waals surface area contributed by atoms with Crippen molar-refractivity contribution in [3.05, 3.63) is 29.8 Å². The molecular formula is C17H23N3O2. The molecule has 3 rings (SSSR count). The quantitative estimate of drug-likeness (QED) is 0.827. The summed E-state index contributed by atoms with van der Waals surface area (Å²) in [6, 6.07) is 8.51. The second-order valence-electron chi connectivity index (χ2n) is 6.19. The van der Waals surface area contributed by atoms with Gasteiger partial charge in [0.15, 0.2) is 0 Å². The average molecular weight is 301 g/mol. The van der Waals surface area contributed by atoms with Gasteiger partial charge in [-0.1, -0.05) is 18.2 Å². The largest absolute Gasteiger partial charge is 0.371 e. The molecule has 22 heavy (non-hydrogen) atoms. The van der Waals surface area contributed by atoms with Crippen molar-refractivity contribution in [3.63, 3.8) is 0 Å². The van der Waals surface area contributed by atoms with E-state index >= 15 is 0 Å². The molecule has 1 N–H and O–H groups in total. The summed E-state index contributed by atoms with van der Waals surface area (Å²) in [6.07, 6.45) is 2.39. The zero-order valence-electron chi connectivity index (χ0n) is 13.0. The lowest BCUT2D eigenvalue weighted by atomic mass is 10.1. The molecule has 5 nitrogen and oxygen atoms in total. The molecule has 1 atom stereocenters. The summed E-state index contributed by atoms with van der Waals surface area (Å²) in [5.41, 5.74) is 2.75. The number of nitrogens with zero attached hydrogens (tertiary/aromatic N) is 2. The third-order valence-electron chi connectivity index (χ3n) is 4.60.